The summed E-state index contributed by atoms with van der Waals surface area (Å²) in [5, 5.41) is 32.5. The molecule has 0 aromatic heterocycles. The average molecular weight is 209 g/mol. The maximum Gasteiger partial charge on any atom is 0.335 e. The SMILES string of the molecule is O=C(O)[C@@H](O)[C@@H](O)C(=O)O.[Ni]. The zero-order valence-electron chi connectivity index (χ0n) is 5.08. The van der Waals surface area contributed by atoms with Crippen molar-refractivity contribution in [3.05, 3.63) is 0 Å². The number of carbonyl (C=O) groups is 2. The molecule has 0 rings (SSSR count). The van der Waals surface area contributed by atoms with Gasteiger partial charge in [0, 0.05) is 16.5 Å². The summed E-state index contributed by atoms with van der Waals surface area (Å²) in [7, 11) is 0. The van der Waals surface area contributed by atoms with Gasteiger partial charge in [-0.15, -0.1) is 0 Å². The van der Waals surface area contributed by atoms with Gasteiger partial charge in [-0.3, -0.25) is 0 Å². The first-order valence-corrected chi connectivity index (χ1v) is 2.28. The number of aliphatic hydroxyl groups is 2. The summed E-state index contributed by atoms with van der Waals surface area (Å²) >= 11 is 0. The monoisotopic (exact) mass is 208 g/mol. The molecule has 0 aromatic carbocycles. The Balaban J connectivity index is 0. The third-order valence-corrected chi connectivity index (χ3v) is 0.805. The van der Waals surface area contributed by atoms with Crippen LogP contribution in [0.5, 0.6) is 0 Å². The molecule has 0 saturated heterocycles. The van der Waals surface area contributed by atoms with E-state index in [0.717, 1.165) is 0 Å². The number of carboxylic acids is 2. The molecule has 0 radical (unpaired) electrons. The molecule has 7 heteroatoms. The molecule has 0 saturated carbocycles. The Kier molecular flexibility index (Phi) is 5.98. The number of carboxylic acid groups (broad SMARTS) is 2. The predicted octanol–water partition coefficient (Wildman–Crippen LogP) is -2.13. The largest absolute Gasteiger partial charge is 0.479 e. The van der Waals surface area contributed by atoms with Crippen molar-refractivity contribution in [3.8, 4) is 0 Å². The molecule has 0 bridgehead atoms. The van der Waals surface area contributed by atoms with Crippen molar-refractivity contribution in [3.63, 3.8) is 0 Å². The van der Waals surface area contributed by atoms with Gasteiger partial charge in [-0.2, -0.15) is 0 Å². The van der Waals surface area contributed by atoms with Crippen LogP contribution in [0.1, 0.15) is 0 Å². The molecule has 0 unspecified atom stereocenters. The van der Waals surface area contributed by atoms with Crippen LogP contribution in [-0.4, -0.2) is 44.6 Å². The molecule has 68 valence electrons. The van der Waals surface area contributed by atoms with Crippen molar-refractivity contribution < 1.29 is 46.5 Å². The first kappa shape index (κ1) is 13.0. The third kappa shape index (κ3) is 3.92. The van der Waals surface area contributed by atoms with E-state index >= 15 is 0 Å². The summed E-state index contributed by atoms with van der Waals surface area (Å²) in [5.41, 5.74) is 0. The van der Waals surface area contributed by atoms with E-state index in [4.69, 9.17) is 20.4 Å². The summed E-state index contributed by atoms with van der Waals surface area (Å²) in [6.45, 7) is 0. The minimum Gasteiger partial charge on any atom is -0.479 e. The smallest absolute Gasteiger partial charge is 0.335 e. The molecule has 11 heavy (non-hydrogen) atoms. The molecular formula is C4H6NiO6. The standard InChI is InChI=1S/C4H6O6.Ni/c5-1(3(7)8)2(6)4(9)10;/h1-2,5-6H,(H,7,8)(H,9,10);/t1-,2+;. The number of hydrogen-bond acceptors (Lipinski definition) is 4. The van der Waals surface area contributed by atoms with Gasteiger partial charge >= 0.3 is 11.9 Å². The van der Waals surface area contributed by atoms with Crippen LogP contribution >= 0.6 is 0 Å². The molecule has 0 aliphatic rings. The second-order valence-electron chi connectivity index (χ2n) is 1.57. The fraction of sp³-hybridized carbons (Fsp3) is 0.500. The van der Waals surface area contributed by atoms with Gasteiger partial charge in [0.2, 0.25) is 0 Å². The predicted molar refractivity (Wildman–Crippen MR) is 27.3 cm³/mol. The van der Waals surface area contributed by atoms with Crippen molar-refractivity contribution >= 4 is 11.9 Å². The van der Waals surface area contributed by atoms with Crippen molar-refractivity contribution in [1.82, 2.24) is 0 Å². The van der Waals surface area contributed by atoms with Crippen LogP contribution in [-0.2, 0) is 26.1 Å². The fourth-order valence-electron chi connectivity index (χ4n) is 0.270. The summed E-state index contributed by atoms with van der Waals surface area (Å²) in [4.78, 5) is 19.5. The van der Waals surface area contributed by atoms with Crippen molar-refractivity contribution in [1.29, 1.82) is 0 Å². The van der Waals surface area contributed by atoms with Crippen molar-refractivity contribution in [2.24, 2.45) is 0 Å². The normalized spacial score (nSPS) is 14.4. The van der Waals surface area contributed by atoms with E-state index in [1.165, 1.54) is 0 Å². The Bertz CT molecular complexity index is 139. The van der Waals surface area contributed by atoms with Crippen molar-refractivity contribution in [2.75, 3.05) is 0 Å². The van der Waals surface area contributed by atoms with E-state index in [0.29, 0.717) is 0 Å². The number of aliphatic carboxylic acids is 2. The van der Waals surface area contributed by atoms with Gasteiger partial charge in [-0.05, 0) is 0 Å². The molecule has 0 aliphatic heterocycles. The number of hydrogen-bond donors (Lipinski definition) is 4. The minimum absolute atomic E-state index is 0. The maximum absolute atomic E-state index is 9.77. The van der Waals surface area contributed by atoms with Crippen LogP contribution in [0, 0.1) is 0 Å². The zero-order chi connectivity index (χ0) is 8.31. The van der Waals surface area contributed by atoms with Gasteiger partial charge in [-0.1, -0.05) is 0 Å². The summed E-state index contributed by atoms with van der Waals surface area (Å²) in [5.74, 6) is -3.54. The summed E-state index contributed by atoms with van der Waals surface area (Å²) in [6.07, 6.45) is -4.53. The Morgan fingerprint density at radius 2 is 1.09 bits per heavy atom. The number of aliphatic hydroxyl groups excluding tert-OH is 2. The van der Waals surface area contributed by atoms with Crippen LogP contribution in [0.15, 0.2) is 0 Å². The second-order valence-corrected chi connectivity index (χ2v) is 1.57. The van der Waals surface area contributed by atoms with Gasteiger partial charge in [0.05, 0.1) is 0 Å². The molecule has 0 fully saturated rings. The van der Waals surface area contributed by atoms with Crippen LogP contribution in [0.4, 0.5) is 0 Å². The van der Waals surface area contributed by atoms with E-state index in [9.17, 15) is 9.59 Å². The zero-order valence-corrected chi connectivity index (χ0v) is 6.06. The molecule has 6 nitrogen and oxygen atoms in total. The van der Waals surface area contributed by atoms with Gasteiger partial charge in [0.15, 0.2) is 12.2 Å². The van der Waals surface area contributed by atoms with Gasteiger partial charge < -0.3 is 20.4 Å². The van der Waals surface area contributed by atoms with Gasteiger partial charge in [-0.25, -0.2) is 9.59 Å². The van der Waals surface area contributed by atoms with Crippen LogP contribution in [0.25, 0.3) is 0 Å². The minimum atomic E-state index is -2.27. The first-order valence-electron chi connectivity index (χ1n) is 2.28. The molecular weight excluding hydrogens is 203 g/mol. The van der Waals surface area contributed by atoms with Crippen LogP contribution < -0.4 is 0 Å². The molecule has 0 aromatic rings. The maximum atomic E-state index is 9.77. The Morgan fingerprint density at radius 3 is 1.18 bits per heavy atom. The summed E-state index contributed by atoms with van der Waals surface area (Å²) < 4.78 is 0. The van der Waals surface area contributed by atoms with Crippen molar-refractivity contribution in [2.45, 2.75) is 12.2 Å². The van der Waals surface area contributed by atoms with E-state index in [2.05, 4.69) is 0 Å². The van der Waals surface area contributed by atoms with Gasteiger partial charge in [0.25, 0.3) is 0 Å². The molecule has 4 N–H and O–H groups in total. The molecule has 0 spiro atoms. The molecule has 0 aliphatic carbocycles. The Labute approximate surface area is 71.4 Å². The van der Waals surface area contributed by atoms with Crippen LogP contribution in [0.3, 0.4) is 0 Å². The van der Waals surface area contributed by atoms with Gasteiger partial charge in [0.1, 0.15) is 0 Å². The molecule has 0 heterocycles. The second kappa shape index (κ2) is 5.06. The number of rotatable bonds is 3. The third-order valence-electron chi connectivity index (χ3n) is 0.805. The Hall–Kier alpha value is -0.646. The summed E-state index contributed by atoms with van der Waals surface area (Å²) in [6, 6.07) is 0. The Morgan fingerprint density at radius 1 is 0.909 bits per heavy atom. The van der Waals surface area contributed by atoms with E-state index in [-0.39, 0.29) is 16.5 Å². The molecule has 0 amide bonds. The van der Waals surface area contributed by atoms with E-state index in [1.807, 2.05) is 0 Å². The quantitative estimate of drug-likeness (QED) is 0.394. The first-order chi connectivity index (χ1) is 4.46. The molecule has 2 atom stereocenters. The van der Waals surface area contributed by atoms with E-state index < -0.39 is 24.1 Å². The fourth-order valence-corrected chi connectivity index (χ4v) is 0.270. The average Bonchev–Trinajstić information content (AvgIpc) is 1.84. The van der Waals surface area contributed by atoms with Crippen LogP contribution in [0.2, 0.25) is 0 Å². The van der Waals surface area contributed by atoms with E-state index in [1.54, 1.807) is 0 Å². The topological polar surface area (TPSA) is 115 Å².